The Morgan fingerprint density at radius 3 is 2.52 bits per heavy atom. The Labute approximate surface area is 152 Å². The fraction of sp³-hybridized carbons (Fsp3) is 0.700. The molecule has 142 valence electrons. The van der Waals surface area contributed by atoms with Gasteiger partial charge in [-0.25, -0.2) is 0 Å². The number of nitrogens with zero attached hydrogens (tertiary/aromatic N) is 2. The van der Waals surface area contributed by atoms with Crippen LogP contribution in [0.2, 0.25) is 0 Å². The standard InChI is InChI=1S/C20H34N2O3/c1-17(2)25-16-20(23)15-22(9-8-21-10-12-24-13-11-21)14-19-6-4-18(3)5-7-19/h4-7,17,20,23H,8-16H2,1-3H3. The number of aryl methyl sites for hydroxylation is 1. The fourth-order valence-corrected chi connectivity index (χ4v) is 2.95. The van der Waals surface area contributed by atoms with E-state index in [9.17, 15) is 5.11 Å². The van der Waals surface area contributed by atoms with Crippen molar-refractivity contribution in [2.24, 2.45) is 0 Å². The first-order chi connectivity index (χ1) is 12.0. The lowest BCUT2D eigenvalue weighted by atomic mass is 10.1. The Bertz CT molecular complexity index is 472. The molecular formula is C20H34N2O3. The van der Waals surface area contributed by atoms with Crippen LogP contribution in [0.4, 0.5) is 0 Å². The third-order valence-corrected chi connectivity index (χ3v) is 4.45. The second kappa shape index (κ2) is 10.9. The Hall–Kier alpha value is -0.980. The molecule has 1 N–H and O–H groups in total. The predicted molar refractivity (Wildman–Crippen MR) is 101 cm³/mol. The second-order valence-corrected chi connectivity index (χ2v) is 7.21. The first-order valence-electron chi connectivity index (χ1n) is 9.40. The van der Waals surface area contributed by atoms with Crippen LogP contribution in [0.5, 0.6) is 0 Å². The highest BCUT2D eigenvalue weighted by Gasteiger charge is 2.16. The fourth-order valence-electron chi connectivity index (χ4n) is 2.95. The first kappa shape index (κ1) is 20.3. The Morgan fingerprint density at radius 2 is 1.88 bits per heavy atom. The maximum Gasteiger partial charge on any atom is 0.0900 e. The van der Waals surface area contributed by atoms with Crippen LogP contribution < -0.4 is 0 Å². The molecule has 0 amide bonds. The third-order valence-electron chi connectivity index (χ3n) is 4.45. The molecule has 1 fully saturated rings. The van der Waals surface area contributed by atoms with E-state index >= 15 is 0 Å². The molecule has 5 nitrogen and oxygen atoms in total. The third kappa shape index (κ3) is 8.29. The molecule has 1 heterocycles. The minimum Gasteiger partial charge on any atom is -0.389 e. The van der Waals surface area contributed by atoms with Gasteiger partial charge in [0.05, 0.1) is 32.0 Å². The number of aliphatic hydroxyl groups excluding tert-OH is 1. The van der Waals surface area contributed by atoms with Crippen molar-refractivity contribution >= 4 is 0 Å². The molecule has 1 atom stereocenters. The molecular weight excluding hydrogens is 316 g/mol. The van der Waals surface area contributed by atoms with E-state index in [1.165, 1.54) is 11.1 Å². The molecule has 0 spiro atoms. The van der Waals surface area contributed by atoms with Gasteiger partial charge in [-0.15, -0.1) is 0 Å². The molecule has 25 heavy (non-hydrogen) atoms. The summed E-state index contributed by atoms with van der Waals surface area (Å²) in [7, 11) is 0. The zero-order chi connectivity index (χ0) is 18.1. The molecule has 5 heteroatoms. The molecule has 1 aromatic rings. The van der Waals surface area contributed by atoms with Gasteiger partial charge in [0.1, 0.15) is 0 Å². The van der Waals surface area contributed by atoms with Crippen LogP contribution in [0.15, 0.2) is 24.3 Å². The summed E-state index contributed by atoms with van der Waals surface area (Å²) < 4.78 is 11.0. The predicted octanol–water partition coefficient (Wildman–Crippen LogP) is 1.92. The van der Waals surface area contributed by atoms with E-state index in [0.29, 0.717) is 13.2 Å². The summed E-state index contributed by atoms with van der Waals surface area (Å²) in [5.74, 6) is 0. The van der Waals surface area contributed by atoms with Gasteiger partial charge in [-0.05, 0) is 26.3 Å². The summed E-state index contributed by atoms with van der Waals surface area (Å²) in [5.41, 5.74) is 2.55. The molecule has 1 aliphatic heterocycles. The summed E-state index contributed by atoms with van der Waals surface area (Å²) in [4.78, 5) is 4.76. The van der Waals surface area contributed by atoms with E-state index in [4.69, 9.17) is 9.47 Å². The molecule has 0 radical (unpaired) electrons. The Balaban J connectivity index is 1.88. The lowest BCUT2D eigenvalue weighted by Gasteiger charge is -2.31. The highest BCUT2D eigenvalue weighted by molar-refractivity contribution is 5.21. The van der Waals surface area contributed by atoms with Crippen LogP contribution in [0.1, 0.15) is 25.0 Å². The molecule has 2 rings (SSSR count). The van der Waals surface area contributed by atoms with Crippen LogP contribution in [0.3, 0.4) is 0 Å². The smallest absolute Gasteiger partial charge is 0.0900 e. The van der Waals surface area contributed by atoms with Gasteiger partial charge in [0, 0.05) is 39.3 Å². The Kier molecular flexibility index (Phi) is 8.85. The summed E-state index contributed by atoms with van der Waals surface area (Å²) in [6.45, 7) is 13.5. The zero-order valence-electron chi connectivity index (χ0n) is 16.0. The normalized spacial score (nSPS) is 17.4. The molecule has 0 bridgehead atoms. The molecule has 1 aromatic carbocycles. The topological polar surface area (TPSA) is 45.2 Å². The van der Waals surface area contributed by atoms with E-state index in [1.807, 2.05) is 13.8 Å². The number of hydrogen-bond acceptors (Lipinski definition) is 5. The van der Waals surface area contributed by atoms with Gasteiger partial charge in [-0.2, -0.15) is 0 Å². The van der Waals surface area contributed by atoms with Gasteiger partial charge in [0.15, 0.2) is 0 Å². The average Bonchev–Trinajstić information content (AvgIpc) is 2.61. The summed E-state index contributed by atoms with van der Waals surface area (Å²) >= 11 is 0. The van der Waals surface area contributed by atoms with E-state index in [0.717, 1.165) is 45.9 Å². The maximum atomic E-state index is 10.3. The quantitative estimate of drug-likeness (QED) is 0.698. The van der Waals surface area contributed by atoms with E-state index in [1.54, 1.807) is 0 Å². The zero-order valence-corrected chi connectivity index (χ0v) is 16.0. The molecule has 0 saturated carbocycles. The van der Waals surface area contributed by atoms with Crippen molar-refractivity contribution < 1.29 is 14.6 Å². The Morgan fingerprint density at radius 1 is 1.20 bits per heavy atom. The number of hydrogen-bond donors (Lipinski definition) is 1. The van der Waals surface area contributed by atoms with Gasteiger partial charge >= 0.3 is 0 Å². The van der Waals surface area contributed by atoms with Gasteiger partial charge in [-0.1, -0.05) is 29.8 Å². The van der Waals surface area contributed by atoms with Gasteiger partial charge < -0.3 is 14.6 Å². The summed E-state index contributed by atoms with van der Waals surface area (Å²) in [5, 5.41) is 10.3. The molecule has 1 unspecified atom stereocenters. The SMILES string of the molecule is Cc1ccc(CN(CCN2CCOCC2)CC(O)COC(C)C)cc1. The minimum atomic E-state index is -0.461. The summed E-state index contributed by atoms with van der Waals surface area (Å²) in [6, 6.07) is 8.64. The van der Waals surface area contributed by atoms with Crippen LogP contribution in [0.25, 0.3) is 0 Å². The van der Waals surface area contributed by atoms with Crippen molar-refractivity contribution in [3.63, 3.8) is 0 Å². The highest BCUT2D eigenvalue weighted by Crippen LogP contribution is 2.09. The maximum absolute atomic E-state index is 10.3. The van der Waals surface area contributed by atoms with Crippen LogP contribution in [-0.4, -0.2) is 79.7 Å². The van der Waals surface area contributed by atoms with Crippen molar-refractivity contribution in [1.82, 2.24) is 9.80 Å². The van der Waals surface area contributed by atoms with Crippen molar-refractivity contribution in [1.29, 1.82) is 0 Å². The number of ether oxygens (including phenoxy) is 2. The van der Waals surface area contributed by atoms with E-state index in [-0.39, 0.29) is 6.10 Å². The number of aliphatic hydroxyl groups is 1. The monoisotopic (exact) mass is 350 g/mol. The van der Waals surface area contributed by atoms with Crippen molar-refractivity contribution in [2.75, 3.05) is 52.5 Å². The largest absolute Gasteiger partial charge is 0.389 e. The molecule has 0 aliphatic carbocycles. The highest BCUT2D eigenvalue weighted by atomic mass is 16.5. The molecule has 1 saturated heterocycles. The van der Waals surface area contributed by atoms with E-state index in [2.05, 4.69) is 41.0 Å². The molecule has 0 aromatic heterocycles. The van der Waals surface area contributed by atoms with E-state index < -0.39 is 6.10 Å². The van der Waals surface area contributed by atoms with Crippen LogP contribution >= 0.6 is 0 Å². The number of benzene rings is 1. The number of rotatable bonds is 10. The van der Waals surface area contributed by atoms with Gasteiger partial charge in [0.25, 0.3) is 0 Å². The van der Waals surface area contributed by atoms with Crippen LogP contribution in [0, 0.1) is 6.92 Å². The van der Waals surface area contributed by atoms with Crippen LogP contribution in [-0.2, 0) is 16.0 Å². The lowest BCUT2D eigenvalue weighted by Crippen LogP contribution is -2.43. The first-order valence-corrected chi connectivity index (χ1v) is 9.40. The average molecular weight is 351 g/mol. The van der Waals surface area contributed by atoms with Gasteiger partial charge in [-0.3, -0.25) is 9.80 Å². The second-order valence-electron chi connectivity index (χ2n) is 7.21. The molecule has 1 aliphatic rings. The summed E-state index contributed by atoms with van der Waals surface area (Å²) in [6.07, 6.45) is -0.314. The minimum absolute atomic E-state index is 0.147. The van der Waals surface area contributed by atoms with Gasteiger partial charge in [0.2, 0.25) is 0 Å². The lowest BCUT2D eigenvalue weighted by molar-refractivity contribution is -0.0129. The van der Waals surface area contributed by atoms with Crippen molar-refractivity contribution in [2.45, 2.75) is 39.5 Å². The van der Waals surface area contributed by atoms with Crippen molar-refractivity contribution in [3.8, 4) is 0 Å². The van der Waals surface area contributed by atoms with Crippen molar-refractivity contribution in [3.05, 3.63) is 35.4 Å². The number of morpholine rings is 1.